The highest BCUT2D eigenvalue weighted by Gasteiger charge is 2.36. The summed E-state index contributed by atoms with van der Waals surface area (Å²) >= 11 is 0.834. The lowest BCUT2D eigenvalue weighted by Gasteiger charge is -2.38. The summed E-state index contributed by atoms with van der Waals surface area (Å²) in [4.78, 5) is 86.2. The zero-order valence-corrected chi connectivity index (χ0v) is 40.2. The van der Waals surface area contributed by atoms with Crippen molar-refractivity contribution in [3.8, 4) is 11.5 Å². The first kappa shape index (κ1) is 55.8. The number of carbonyl (C=O) groups excluding carboxylic acids is 4. The molecule has 1 heterocycles. The molecule has 1 aromatic carbocycles. The molecule has 1 aromatic rings. The van der Waals surface area contributed by atoms with Crippen molar-refractivity contribution in [2.75, 3.05) is 18.8 Å². The van der Waals surface area contributed by atoms with E-state index in [1.807, 2.05) is 20.8 Å². The third kappa shape index (κ3) is 20.2. The summed E-state index contributed by atoms with van der Waals surface area (Å²) in [5, 5.41) is 33.3. The van der Waals surface area contributed by atoms with E-state index in [1.165, 1.54) is 38.5 Å². The molecule has 3 amide bonds. The van der Waals surface area contributed by atoms with E-state index in [4.69, 9.17) is 30.5 Å². The minimum Gasteiger partial charge on any atom is -0.487 e. The van der Waals surface area contributed by atoms with Crippen molar-refractivity contribution >= 4 is 53.4 Å². The molecule has 0 saturated carbocycles. The number of thioether (sulfide) groups is 1. The average Bonchev–Trinajstić information content (AvgIpc) is 3.21. The van der Waals surface area contributed by atoms with Gasteiger partial charge in [-0.1, -0.05) is 72.6 Å². The number of carbonyl (C=O) groups is 7. The first-order valence-electron chi connectivity index (χ1n) is 22.9. The van der Waals surface area contributed by atoms with Gasteiger partial charge in [0.2, 0.25) is 17.7 Å². The van der Waals surface area contributed by atoms with Crippen LogP contribution in [0.3, 0.4) is 0 Å². The molecular weight excluding hydrogens is 845 g/mol. The minimum absolute atomic E-state index is 0.0152. The molecule has 0 radical (unpaired) electrons. The van der Waals surface area contributed by atoms with Crippen LogP contribution in [0.1, 0.15) is 153 Å². The first-order chi connectivity index (χ1) is 30.0. The van der Waals surface area contributed by atoms with E-state index in [9.17, 15) is 33.6 Å². The topological polar surface area (TPSA) is 261 Å². The summed E-state index contributed by atoms with van der Waals surface area (Å²) in [7, 11) is 0. The smallest absolute Gasteiger partial charge is 0.322 e. The number of hydrogen-bond acceptors (Lipinski definition) is 11. The normalized spacial score (nSPS) is 16.9. The van der Waals surface area contributed by atoms with Crippen LogP contribution in [0.2, 0.25) is 0 Å². The van der Waals surface area contributed by atoms with Crippen LogP contribution in [0.5, 0.6) is 11.5 Å². The molecule has 2 rings (SSSR count). The Balaban J connectivity index is 2.17. The Morgan fingerprint density at radius 1 is 0.781 bits per heavy atom. The number of aliphatic carboxylic acids is 3. The lowest BCUT2D eigenvalue weighted by atomic mass is 9.83. The Labute approximate surface area is 383 Å². The molecule has 0 aromatic heterocycles. The molecule has 1 aliphatic rings. The van der Waals surface area contributed by atoms with Gasteiger partial charge in [0, 0.05) is 30.7 Å². The summed E-state index contributed by atoms with van der Waals surface area (Å²) in [6.07, 6.45) is 11.2. The number of benzene rings is 1. The third-order valence-corrected chi connectivity index (χ3v) is 13.4. The van der Waals surface area contributed by atoms with Crippen LogP contribution in [-0.4, -0.2) is 98.7 Å². The monoisotopic (exact) mass is 921 g/mol. The van der Waals surface area contributed by atoms with Crippen molar-refractivity contribution < 1.29 is 58.4 Å². The van der Waals surface area contributed by atoms with Gasteiger partial charge in [-0.3, -0.25) is 33.6 Å². The maximum absolute atomic E-state index is 13.7. The first-order valence-corrected chi connectivity index (χ1v) is 24.0. The van der Waals surface area contributed by atoms with Crippen LogP contribution in [0.15, 0.2) is 0 Å². The Bertz CT molecular complexity index is 1760. The molecular formula is C47H76N4O12S. The van der Waals surface area contributed by atoms with Gasteiger partial charge in [-0.05, 0) is 101 Å². The van der Waals surface area contributed by atoms with Gasteiger partial charge >= 0.3 is 23.9 Å². The second-order valence-corrected chi connectivity index (χ2v) is 19.7. The van der Waals surface area contributed by atoms with Gasteiger partial charge in [0.25, 0.3) is 0 Å². The van der Waals surface area contributed by atoms with E-state index >= 15 is 0 Å². The molecule has 362 valence electrons. The fraction of sp³-hybridized carbons (Fsp3) is 0.723. The zero-order chi connectivity index (χ0) is 48.1. The fourth-order valence-corrected chi connectivity index (χ4v) is 9.02. The largest absolute Gasteiger partial charge is 0.487 e. The van der Waals surface area contributed by atoms with E-state index in [0.717, 1.165) is 78.1 Å². The van der Waals surface area contributed by atoms with Gasteiger partial charge in [-0.25, -0.2) is 0 Å². The number of esters is 1. The number of fused-ring (bicyclic) bond motifs is 1. The van der Waals surface area contributed by atoms with Gasteiger partial charge in [0.15, 0.2) is 0 Å². The number of hydrogen-bond donors (Lipinski definition) is 7. The molecule has 0 bridgehead atoms. The molecule has 0 saturated heterocycles. The van der Waals surface area contributed by atoms with Crippen molar-refractivity contribution in [2.45, 2.75) is 181 Å². The van der Waals surface area contributed by atoms with Crippen molar-refractivity contribution in [3.05, 3.63) is 22.3 Å². The Hall–Kier alpha value is -4.38. The van der Waals surface area contributed by atoms with Crippen molar-refractivity contribution in [1.29, 1.82) is 0 Å². The molecule has 0 aliphatic carbocycles. The second-order valence-electron chi connectivity index (χ2n) is 18.4. The number of carboxylic acids is 3. The molecule has 6 atom stereocenters. The summed E-state index contributed by atoms with van der Waals surface area (Å²) in [6, 6.07) is -2.72. The number of nitrogens with one attached hydrogen (secondary N) is 3. The van der Waals surface area contributed by atoms with E-state index in [0.29, 0.717) is 17.2 Å². The SMILES string of the molecule is Cc1c(C)c2c(c(C)c1OC(=O)CC(SC[C@H](NC(=O)CC[C@H](N)C(=O)O)C(=O)NCC(=O)O)C(=O)NCCCC(=O)O)CCC(C)(CCCC(C)CCCC(C)CCCC(C)C)O2. The molecule has 0 spiro atoms. The zero-order valence-electron chi connectivity index (χ0n) is 39.4. The molecule has 0 fully saturated rings. The standard InChI is InChI=1S/C47H76N4O12S/c1-28(2)13-9-14-29(3)15-10-16-30(4)17-11-22-47(8)23-21-34-33(7)42(31(5)32(6)43(34)63-47)62-41(57)25-37(45(59)49-24-12-18-39(53)54)64-27-36(44(58)50-26-40(55)56)51-38(52)20-19-35(48)46(60)61/h28-30,35-37H,9-27,48H2,1-8H3,(H,49,59)(H,50,58)(H,51,52)(H,53,54)(H,55,56)(H,60,61)/t29?,30?,35-,36-,37?,47?/m0/s1. The van der Waals surface area contributed by atoms with E-state index in [1.54, 1.807) is 0 Å². The van der Waals surface area contributed by atoms with Gasteiger partial charge in [0.05, 0.1) is 11.7 Å². The van der Waals surface area contributed by atoms with Crippen LogP contribution in [0, 0.1) is 38.5 Å². The van der Waals surface area contributed by atoms with Crippen LogP contribution in [0.25, 0.3) is 0 Å². The highest BCUT2D eigenvalue weighted by atomic mass is 32.2. The van der Waals surface area contributed by atoms with Crippen LogP contribution < -0.4 is 31.2 Å². The maximum Gasteiger partial charge on any atom is 0.322 e. The molecule has 8 N–H and O–H groups in total. The van der Waals surface area contributed by atoms with E-state index in [2.05, 4.69) is 50.6 Å². The number of rotatable bonds is 31. The van der Waals surface area contributed by atoms with Crippen molar-refractivity contribution in [2.24, 2.45) is 23.5 Å². The molecule has 1 aliphatic heterocycles. The van der Waals surface area contributed by atoms with Gasteiger partial charge in [-0.15, -0.1) is 11.8 Å². The van der Waals surface area contributed by atoms with Gasteiger partial charge in [0.1, 0.15) is 35.7 Å². The third-order valence-electron chi connectivity index (χ3n) is 12.1. The second kappa shape index (κ2) is 27.8. The highest BCUT2D eigenvalue weighted by Crippen LogP contribution is 2.45. The summed E-state index contributed by atoms with van der Waals surface area (Å²) in [5.74, 6) is -3.68. The predicted molar refractivity (Wildman–Crippen MR) is 247 cm³/mol. The van der Waals surface area contributed by atoms with Crippen molar-refractivity contribution in [1.82, 2.24) is 16.0 Å². The predicted octanol–water partition coefficient (Wildman–Crippen LogP) is 6.39. The maximum atomic E-state index is 13.7. The number of nitrogens with two attached hydrogens (primary N) is 1. The Morgan fingerprint density at radius 3 is 2.00 bits per heavy atom. The lowest BCUT2D eigenvalue weighted by Crippen LogP contribution is -2.50. The molecule has 16 nitrogen and oxygen atoms in total. The summed E-state index contributed by atoms with van der Waals surface area (Å²) in [6.45, 7) is 16.4. The van der Waals surface area contributed by atoms with Crippen LogP contribution in [0.4, 0.5) is 0 Å². The minimum atomic E-state index is -1.39. The molecule has 17 heteroatoms. The highest BCUT2D eigenvalue weighted by molar-refractivity contribution is 8.00. The van der Waals surface area contributed by atoms with Crippen molar-refractivity contribution in [3.63, 3.8) is 0 Å². The average molecular weight is 921 g/mol. The summed E-state index contributed by atoms with van der Waals surface area (Å²) in [5.41, 5.74) is 8.44. The summed E-state index contributed by atoms with van der Waals surface area (Å²) < 4.78 is 12.8. The Kier molecular flexibility index (Phi) is 24.2. The van der Waals surface area contributed by atoms with Crippen LogP contribution in [-0.2, 0) is 40.0 Å². The van der Waals surface area contributed by atoms with Gasteiger partial charge in [-0.2, -0.15) is 0 Å². The van der Waals surface area contributed by atoms with Gasteiger partial charge < -0.3 is 46.5 Å². The van der Waals surface area contributed by atoms with E-state index < -0.39 is 71.9 Å². The lowest BCUT2D eigenvalue weighted by molar-refractivity contribution is -0.139. The number of ether oxygens (including phenoxy) is 2. The quantitative estimate of drug-likeness (QED) is 0.0242. The Morgan fingerprint density at radius 2 is 1.41 bits per heavy atom. The molecule has 4 unspecified atom stereocenters. The van der Waals surface area contributed by atoms with Crippen LogP contribution >= 0.6 is 11.8 Å². The number of amides is 3. The van der Waals surface area contributed by atoms with E-state index in [-0.39, 0.29) is 43.6 Å². The molecule has 64 heavy (non-hydrogen) atoms. The number of carboxylic acid groups (broad SMARTS) is 3. The fourth-order valence-electron chi connectivity index (χ4n) is 7.87.